The van der Waals surface area contributed by atoms with Gasteiger partial charge in [-0.3, -0.25) is 9.69 Å². The van der Waals surface area contributed by atoms with Crippen LogP contribution in [0.2, 0.25) is 0 Å². The first-order valence-corrected chi connectivity index (χ1v) is 8.72. The summed E-state index contributed by atoms with van der Waals surface area (Å²) in [6, 6.07) is 0. The average molecular weight is 279 g/mol. The van der Waals surface area contributed by atoms with E-state index in [9.17, 15) is 4.79 Å². The first-order chi connectivity index (χ1) is 9.45. The molecule has 20 heavy (non-hydrogen) atoms. The van der Waals surface area contributed by atoms with Gasteiger partial charge in [0.25, 0.3) is 0 Å². The lowest BCUT2D eigenvalue weighted by molar-refractivity contribution is -0.121. The van der Waals surface area contributed by atoms with Gasteiger partial charge in [-0.15, -0.1) is 0 Å². The van der Waals surface area contributed by atoms with Crippen molar-refractivity contribution in [2.45, 2.75) is 84.1 Å². The molecule has 116 valence electrons. The number of likely N-dealkylation sites (tertiary alicyclic amines) is 1. The van der Waals surface area contributed by atoms with Gasteiger partial charge in [0.15, 0.2) is 0 Å². The fourth-order valence-electron chi connectivity index (χ4n) is 3.93. The molecule has 0 aromatic carbocycles. The molecule has 0 amide bonds. The first-order valence-electron chi connectivity index (χ1n) is 8.72. The Hall–Kier alpha value is -0.370. The van der Waals surface area contributed by atoms with Gasteiger partial charge < -0.3 is 0 Å². The number of hydrogen-bond acceptors (Lipinski definition) is 2. The molecule has 2 rings (SSSR count). The highest BCUT2D eigenvalue weighted by molar-refractivity contribution is 5.78. The topological polar surface area (TPSA) is 20.3 Å². The molecule has 0 unspecified atom stereocenters. The Morgan fingerprint density at radius 1 is 0.900 bits per heavy atom. The Morgan fingerprint density at radius 2 is 1.40 bits per heavy atom. The molecule has 2 aliphatic rings. The van der Waals surface area contributed by atoms with Gasteiger partial charge in [0.1, 0.15) is 5.78 Å². The molecule has 0 aromatic heterocycles. The minimum absolute atomic E-state index is 0.289. The highest BCUT2D eigenvalue weighted by Crippen LogP contribution is 2.30. The molecular formula is C18H33NO. The van der Waals surface area contributed by atoms with Gasteiger partial charge >= 0.3 is 0 Å². The van der Waals surface area contributed by atoms with Crippen LogP contribution in [-0.4, -0.2) is 29.3 Å². The van der Waals surface area contributed by atoms with Crippen LogP contribution in [-0.2, 0) is 4.79 Å². The minimum atomic E-state index is 0.289. The number of hydrogen-bond donors (Lipinski definition) is 0. The summed E-state index contributed by atoms with van der Waals surface area (Å²) in [6.07, 6.45) is 10.8. The third kappa shape index (κ3) is 4.87. The number of carbonyl (C=O) groups is 1. The smallest absolute Gasteiger partial charge is 0.133 e. The summed E-state index contributed by atoms with van der Waals surface area (Å²) in [5.41, 5.74) is 0.289. The zero-order chi connectivity index (χ0) is 14.6. The molecule has 1 heterocycles. The van der Waals surface area contributed by atoms with Crippen molar-refractivity contribution in [3.8, 4) is 0 Å². The van der Waals surface area contributed by atoms with Crippen LogP contribution in [0.15, 0.2) is 0 Å². The molecule has 0 atom stereocenters. The van der Waals surface area contributed by atoms with Crippen molar-refractivity contribution < 1.29 is 4.79 Å². The van der Waals surface area contributed by atoms with Gasteiger partial charge in [-0.2, -0.15) is 0 Å². The van der Waals surface area contributed by atoms with E-state index in [-0.39, 0.29) is 5.54 Å². The lowest BCUT2D eigenvalue weighted by Gasteiger charge is -2.40. The monoisotopic (exact) mass is 279 g/mol. The van der Waals surface area contributed by atoms with E-state index in [1.165, 1.54) is 58.0 Å². The molecule has 1 saturated carbocycles. The van der Waals surface area contributed by atoms with Crippen molar-refractivity contribution >= 4 is 5.78 Å². The Balaban J connectivity index is 1.68. The fourth-order valence-corrected chi connectivity index (χ4v) is 3.93. The molecule has 0 bridgehead atoms. The van der Waals surface area contributed by atoms with Gasteiger partial charge in [0.05, 0.1) is 0 Å². The molecule has 2 fully saturated rings. The second kappa shape index (κ2) is 7.06. The second-order valence-corrected chi connectivity index (χ2v) is 8.05. The van der Waals surface area contributed by atoms with Gasteiger partial charge in [-0.1, -0.05) is 32.1 Å². The molecule has 0 spiro atoms. The zero-order valence-electron chi connectivity index (χ0n) is 13.8. The van der Waals surface area contributed by atoms with Gasteiger partial charge in [0.2, 0.25) is 0 Å². The van der Waals surface area contributed by atoms with Crippen LogP contribution in [0, 0.1) is 11.8 Å². The molecule has 1 aliphatic carbocycles. The molecule has 0 N–H and O–H groups in total. The van der Waals surface area contributed by atoms with E-state index in [1.807, 2.05) is 0 Å². The second-order valence-electron chi connectivity index (χ2n) is 8.05. The maximum absolute atomic E-state index is 12.2. The largest absolute Gasteiger partial charge is 0.300 e. The maximum Gasteiger partial charge on any atom is 0.133 e. The van der Waals surface area contributed by atoms with Crippen LogP contribution in [0.5, 0.6) is 0 Å². The Kier molecular flexibility index (Phi) is 5.65. The lowest BCUT2D eigenvalue weighted by Crippen LogP contribution is -2.46. The van der Waals surface area contributed by atoms with Crippen molar-refractivity contribution in [2.75, 3.05) is 13.1 Å². The maximum atomic E-state index is 12.2. The summed E-state index contributed by atoms with van der Waals surface area (Å²) in [6.45, 7) is 9.22. The Bertz CT molecular complexity index is 304. The van der Waals surface area contributed by atoms with Gasteiger partial charge in [-0.05, 0) is 58.5 Å². The summed E-state index contributed by atoms with van der Waals surface area (Å²) in [5.74, 6) is 1.92. The third-order valence-corrected chi connectivity index (χ3v) is 5.32. The molecule has 2 heteroatoms. The predicted molar refractivity (Wildman–Crippen MR) is 84.9 cm³/mol. The lowest BCUT2D eigenvalue weighted by atomic mass is 9.83. The fraction of sp³-hybridized carbons (Fsp3) is 0.944. The Labute approximate surface area is 125 Å². The molecule has 1 aliphatic heterocycles. The van der Waals surface area contributed by atoms with E-state index in [2.05, 4.69) is 25.7 Å². The molecule has 2 nitrogen and oxygen atoms in total. The quantitative estimate of drug-likeness (QED) is 0.759. The van der Waals surface area contributed by atoms with Crippen LogP contribution in [0.4, 0.5) is 0 Å². The van der Waals surface area contributed by atoms with Crippen LogP contribution in [0.25, 0.3) is 0 Å². The van der Waals surface area contributed by atoms with Crippen molar-refractivity contribution in [3.63, 3.8) is 0 Å². The first kappa shape index (κ1) is 16.0. The zero-order valence-corrected chi connectivity index (χ0v) is 13.8. The summed E-state index contributed by atoms with van der Waals surface area (Å²) in [4.78, 5) is 14.8. The molecule has 0 radical (unpaired) electrons. The van der Waals surface area contributed by atoms with E-state index in [1.54, 1.807) is 0 Å². The molecule has 0 aromatic rings. The minimum Gasteiger partial charge on any atom is -0.300 e. The highest BCUT2D eigenvalue weighted by Gasteiger charge is 2.28. The van der Waals surface area contributed by atoms with Crippen LogP contribution >= 0.6 is 0 Å². The molecule has 1 saturated heterocycles. The highest BCUT2D eigenvalue weighted by atomic mass is 16.1. The Morgan fingerprint density at radius 3 is 1.90 bits per heavy atom. The van der Waals surface area contributed by atoms with Crippen molar-refractivity contribution in [2.24, 2.45) is 11.8 Å². The SMILES string of the molecule is CC(C)(C)N1CCC(CC(=O)CC2CCCCC2)CC1. The van der Waals surface area contributed by atoms with Crippen molar-refractivity contribution in [1.29, 1.82) is 0 Å². The number of piperidine rings is 1. The summed E-state index contributed by atoms with van der Waals surface area (Å²) in [5, 5.41) is 0. The van der Waals surface area contributed by atoms with Gasteiger partial charge in [-0.25, -0.2) is 0 Å². The number of ketones is 1. The predicted octanol–water partition coefficient (Wildman–Crippen LogP) is 4.43. The normalized spacial score (nSPS) is 23.9. The van der Waals surface area contributed by atoms with E-state index in [0.717, 1.165) is 12.8 Å². The van der Waals surface area contributed by atoms with E-state index < -0.39 is 0 Å². The number of rotatable bonds is 4. The summed E-state index contributed by atoms with van der Waals surface area (Å²) in [7, 11) is 0. The van der Waals surface area contributed by atoms with Crippen LogP contribution in [0.1, 0.15) is 78.6 Å². The average Bonchev–Trinajstić information content (AvgIpc) is 2.39. The number of Topliss-reactive ketones (excluding diaryl/α,β-unsaturated/α-hetero) is 1. The standard InChI is InChI=1S/C18H33NO/c1-18(2,3)19-11-9-16(10-12-19)14-17(20)13-15-7-5-4-6-8-15/h15-16H,4-14H2,1-3H3. The van der Waals surface area contributed by atoms with E-state index >= 15 is 0 Å². The third-order valence-electron chi connectivity index (χ3n) is 5.32. The van der Waals surface area contributed by atoms with Gasteiger partial charge in [0, 0.05) is 18.4 Å². The van der Waals surface area contributed by atoms with Crippen LogP contribution in [0.3, 0.4) is 0 Å². The van der Waals surface area contributed by atoms with E-state index in [4.69, 9.17) is 0 Å². The van der Waals surface area contributed by atoms with Crippen molar-refractivity contribution in [3.05, 3.63) is 0 Å². The number of nitrogens with zero attached hydrogens (tertiary/aromatic N) is 1. The number of carbonyl (C=O) groups excluding carboxylic acids is 1. The summed E-state index contributed by atoms with van der Waals surface area (Å²) >= 11 is 0. The summed E-state index contributed by atoms with van der Waals surface area (Å²) < 4.78 is 0. The van der Waals surface area contributed by atoms with Crippen molar-refractivity contribution in [1.82, 2.24) is 4.90 Å². The van der Waals surface area contributed by atoms with E-state index in [0.29, 0.717) is 17.6 Å². The van der Waals surface area contributed by atoms with Crippen LogP contribution < -0.4 is 0 Å². The molecular weight excluding hydrogens is 246 g/mol.